The fourth-order valence-electron chi connectivity index (χ4n) is 2.11. The maximum absolute atomic E-state index is 13.5. The summed E-state index contributed by atoms with van der Waals surface area (Å²) in [7, 11) is 0. The molecular weight excluding hydrogens is 177 g/mol. The first kappa shape index (κ1) is 9.66. The second kappa shape index (κ2) is 3.35. The Bertz CT molecular complexity index is 333. The summed E-state index contributed by atoms with van der Waals surface area (Å²) in [5.74, 6) is -0.0947. The van der Waals surface area contributed by atoms with Crippen LogP contribution in [0.4, 0.5) is 4.39 Å². The molecular formula is C12H16FN. The molecule has 1 aromatic carbocycles. The molecule has 0 amide bonds. The van der Waals surface area contributed by atoms with Gasteiger partial charge in [-0.1, -0.05) is 18.2 Å². The van der Waals surface area contributed by atoms with Crippen molar-refractivity contribution in [2.45, 2.75) is 38.3 Å². The Morgan fingerprint density at radius 1 is 1.36 bits per heavy atom. The van der Waals surface area contributed by atoms with Crippen molar-refractivity contribution in [1.29, 1.82) is 0 Å². The first-order valence-electron chi connectivity index (χ1n) is 5.11. The first-order valence-corrected chi connectivity index (χ1v) is 5.11. The topological polar surface area (TPSA) is 12.0 Å². The van der Waals surface area contributed by atoms with Gasteiger partial charge in [0, 0.05) is 17.1 Å². The zero-order chi connectivity index (χ0) is 10.2. The fraction of sp³-hybridized carbons (Fsp3) is 0.500. The Balaban J connectivity index is 2.22. The summed E-state index contributed by atoms with van der Waals surface area (Å²) in [5, 5.41) is 3.45. The lowest BCUT2D eigenvalue weighted by Crippen LogP contribution is -2.33. The molecule has 1 aliphatic heterocycles. The molecule has 1 aromatic rings. The van der Waals surface area contributed by atoms with Gasteiger partial charge in [-0.3, -0.25) is 0 Å². The Labute approximate surface area is 84.3 Å². The van der Waals surface area contributed by atoms with E-state index >= 15 is 0 Å². The first-order chi connectivity index (χ1) is 6.58. The minimum absolute atomic E-state index is 0.0947. The lowest BCUT2D eigenvalue weighted by atomic mass is 10.0. The van der Waals surface area contributed by atoms with Crippen LogP contribution in [0.1, 0.15) is 38.3 Å². The number of benzene rings is 1. The minimum atomic E-state index is -0.0947. The highest BCUT2D eigenvalue weighted by molar-refractivity contribution is 5.23. The highest BCUT2D eigenvalue weighted by Crippen LogP contribution is 2.33. The highest BCUT2D eigenvalue weighted by Gasteiger charge is 2.31. The van der Waals surface area contributed by atoms with Crippen molar-refractivity contribution in [3.63, 3.8) is 0 Å². The van der Waals surface area contributed by atoms with Crippen LogP contribution in [0.25, 0.3) is 0 Å². The maximum atomic E-state index is 13.5. The van der Waals surface area contributed by atoms with E-state index in [9.17, 15) is 4.39 Å². The van der Waals surface area contributed by atoms with Gasteiger partial charge in [-0.15, -0.1) is 0 Å². The van der Waals surface area contributed by atoms with Gasteiger partial charge in [0.15, 0.2) is 0 Å². The van der Waals surface area contributed by atoms with Crippen LogP contribution in [0.5, 0.6) is 0 Å². The van der Waals surface area contributed by atoms with Crippen LogP contribution in [0, 0.1) is 5.82 Å². The molecule has 14 heavy (non-hydrogen) atoms. The number of rotatable bonds is 1. The lowest BCUT2D eigenvalue weighted by Gasteiger charge is -2.20. The normalized spacial score (nSPS) is 25.2. The van der Waals surface area contributed by atoms with Crippen molar-refractivity contribution in [2.75, 3.05) is 0 Å². The SMILES string of the molecule is CC1(C)CC[C@@H](c2ccccc2F)N1. The van der Waals surface area contributed by atoms with Crippen LogP contribution >= 0.6 is 0 Å². The monoisotopic (exact) mass is 193 g/mol. The van der Waals surface area contributed by atoms with E-state index in [-0.39, 0.29) is 17.4 Å². The van der Waals surface area contributed by atoms with Crippen molar-refractivity contribution in [2.24, 2.45) is 0 Å². The van der Waals surface area contributed by atoms with Gasteiger partial charge in [0.25, 0.3) is 0 Å². The molecule has 2 heteroatoms. The van der Waals surface area contributed by atoms with Crippen LogP contribution in [0.3, 0.4) is 0 Å². The van der Waals surface area contributed by atoms with E-state index in [1.54, 1.807) is 6.07 Å². The van der Waals surface area contributed by atoms with E-state index in [0.29, 0.717) is 0 Å². The summed E-state index contributed by atoms with van der Waals surface area (Å²) < 4.78 is 13.5. The number of halogens is 1. The Hall–Kier alpha value is -0.890. The van der Waals surface area contributed by atoms with Gasteiger partial charge in [0.2, 0.25) is 0 Å². The van der Waals surface area contributed by atoms with E-state index in [2.05, 4.69) is 19.2 Å². The average Bonchev–Trinajstić information content (AvgIpc) is 2.47. The predicted molar refractivity (Wildman–Crippen MR) is 55.6 cm³/mol. The molecule has 1 fully saturated rings. The number of nitrogens with one attached hydrogen (secondary N) is 1. The molecule has 1 heterocycles. The van der Waals surface area contributed by atoms with Crippen molar-refractivity contribution in [3.8, 4) is 0 Å². The molecule has 1 aliphatic rings. The van der Waals surface area contributed by atoms with Crippen LogP contribution in [-0.4, -0.2) is 5.54 Å². The van der Waals surface area contributed by atoms with Crippen molar-refractivity contribution < 1.29 is 4.39 Å². The van der Waals surface area contributed by atoms with Gasteiger partial charge in [0.1, 0.15) is 5.82 Å². The van der Waals surface area contributed by atoms with Crippen LogP contribution in [0.2, 0.25) is 0 Å². The lowest BCUT2D eigenvalue weighted by molar-refractivity contribution is 0.427. The van der Waals surface area contributed by atoms with Crippen molar-refractivity contribution in [1.82, 2.24) is 5.32 Å². The van der Waals surface area contributed by atoms with Gasteiger partial charge in [-0.2, -0.15) is 0 Å². The molecule has 0 spiro atoms. The molecule has 0 unspecified atom stereocenters. The summed E-state index contributed by atoms with van der Waals surface area (Å²) in [5.41, 5.74) is 0.950. The van der Waals surface area contributed by atoms with E-state index in [1.165, 1.54) is 6.07 Å². The second-order valence-corrected chi connectivity index (χ2v) is 4.64. The van der Waals surface area contributed by atoms with Gasteiger partial charge in [-0.25, -0.2) is 4.39 Å². The van der Waals surface area contributed by atoms with Gasteiger partial charge in [0.05, 0.1) is 0 Å². The molecule has 1 saturated heterocycles. The van der Waals surface area contributed by atoms with Gasteiger partial charge >= 0.3 is 0 Å². The standard InChI is InChI=1S/C12H16FN/c1-12(2)8-7-11(14-12)9-5-3-4-6-10(9)13/h3-6,11,14H,7-8H2,1-2H3/t11-/m0/s1. The van der Waals surface area contributed by atoms with Crippen molar-refractivity contribution in [3.05, 3.63) is 35.6 Å². The third-order valence-electron chi connectivity index (χ3n) is 2.90. The largest absolute Gasteiger partial charge is 0.305 e. The molecule has 1 N–H and O–H groups in total. The molecule has 0 bridgehead atoms. The van der Waals surface area contributed by atoms with Crippen LogP contribution in [-0.2, 0) is 0 Å². The summed E-state index contributed by atoms with van der Waals surface area (Å²) in [6.07, 6.45) is 2.12. The molecule has 0 aliphatic carbocycles. The Morgan fingerprint density at radius 3 is 2.64 bits per heavy atom. The van der Waals surface area contributed by atoms with Gasteiger partial charge < -0.3 is 5.32 Å². The smallest absolute Gasteiger partial charge is 0.127 e. The molecule has 76 valence electrons. The summed E-state index contributed by atoms with van der Waals surface area (Å²) in [6, 6.07) is 7.22. The Kier molecular flexibility index (Phi) is 2.31. The zero-order valence-electron chi connectivity index (χ0n) is 8.68. The molecule has 0 saturated carbocycles. The summed E-state index contributed by atoms with van der Waals surface area (Å²) in [6.45, 7) is 4.32. The van der Waals surface area contributed by atoms with Crippen LogP contribution in [0.15, 0.2) is 24.3 Å². The third kappa shape index (κ3) is 1.80. The molecule has 2 rings (SSSR count). The molecule has 1 nitrogen and oxygen atoms in total. The minimum Gasteiger partial charge on any atom is -0.305 e. The van der Waals surface area contributed by atoms with E-state index < -0.39 is 0 Å². The quantitative estimate of drug-likeness (QED) is 0.723. The third-order valence-corrected chi connectivity index (χ3v) is 2.90. The number of hydrogen-bond acceptors (Lipinski definition) is 1. The van der Waals surface area contributed by atoms with Gasteiger partial charge in [-0.05, 0) is 32.8 Å². The number of hydrogen-bond donors (Lipinski definition) is 1. The molecule has 0 radical (unpaired) electrons. The Morgan fingerprint density at radius 2 is 2.07 bits per heavy atom. The predicted octanol–water partition coefficient (Wildman–Crippen LogP) is 3.03. The van der Waals surface area contributed by atoms with Crippen molar-refractivity contribution >= 4 is 0 Å². The fourth-order valence-corrected chi connectivity index (χ4v) is 2.11. The molecule has 0 aromatic heterocycles. The van der Waals surface area contributed by atoms with E-state index in [0.717, 1.165) is 18.4 Å². The second-order valence-electron chi connectivity index (χ2n) is 4.64. The maximum Gasteiger partial charge on any atom is 0.127 e. The van der Waals surface area contributed by atoms with E-state index in [4.69, 9.17) is 0 Å². The average molecular weight is 193 g/mol. The van der Waals surface area contributed by atoms with Crippen LogP contribution < -0.4 is 5.32 Å². The van der Waals surface area contributed by atoms with E-state index in [1.807, 2.05) is 12.1 Å². The summed E-state index contributed by atoms with van der Waals surface area (Å²) in [4.78, 5) is 0. The summed E-state index contributed by atoms with van der Waals surface area (Å²) >= 11 is 0. The highest BCUT2D eigenvalue weighted by atomic mass is 19.1. The zero-order valence-corrected chi connectivity index (χ0v) is 8.68. The molecule has 1 atom stereocenters.